The monoisotopic (exact) mass is 441 g/mol. The molecule has 0 radical (unpaired) electrons. The van der Waals surface area contributed by atoms with Crippen molar-refractivity contribution in [2.45, 2.75) is 13.0 Å². The first-order valence-corrected chi connectivity index (χ1v) is 9.28. The molecule has 13 heteroatoms. The van der Waals surface area contributed by atoms with Crippen LogP contribution in [0.25, 0.3) is 33.7 Å². The summed E-state index contributed by atoms with van der Waals surface area (Å²) in [5, 5.41) is 14.8. The maximum absolute atomic E-state index is 14.5. The van der Waals surface area contributed by atoms with E-state index in [0.717, 1.165) is 22.7 Å². The van der Waals surface area contributed by atoms with Gasteiger partial charge in [-0.3, -0.25) is 4.98 Å². The number of hydrogen-bond acceptors (Lipinski definition) is 8. The summed E-state index contributed by atoms with van der Waals surface area (Å²) in [6.45, 7) is 0.00398. The maximum Gasteiger partial charge on any atom is 0.314 e. The van der Waals surface area contributed by atoms with Crippen molar-refractivity contribution >= 4 is 17.0 Å². The molecule has 0 aliphatic carbocycles. The molecule has 5 aromatic rings. The number of nitrogens with two attached hydrogens (primary N) is 1. The number of nitrogens with zero attached hydrogens (tertiary/aromatic N) is 8. The molecule has 4 aromatic heterocycles. The van der Waals surface area contributed by atoms with E-state index in [2.05, 4.69) is 30.5 Å². The van der Waals surface area contributed by atoms with Crippen molar-refractivity contribution in [2.24, 2.45) is 7.05 Å². The topological polar surface area (TPSA) is 126 Å². The molecule has 2 N–H and O–H groups in total. The van der Waals surface area contributed by atoms with Crippen molar-refractivity contribution < 1.29 is 17.6 Å². The third-order valence-electron chi connectivity index (χ3n) is 4.85. The summed E-state index contributed by atoms with van der Waals surface area (Å²) in [5.74, 6) is -1.36. The molecule has 0 saturated heterocycles. The maximum atomic E-state index is 14.5. The Kier molecular flexibility index (Phi) is 4.57. The van der Waals surface area contributed by atoms with E-state index >= 15 is 0 Å². The van der Waals surface area contributed by atoms with Crippen molar-refractivity contribution in [3.8, 4) is 22.7 Å². The number of rotatable bonds is 5. The molecule has 0 fully saturated rings. The number of anilines is 1. The van der Waals surface area contributed by atoms with E-state index in [-0.39, 0.29) is 23.7 Å². The van der Waals surface area contributed by atoms with Crippen LogP contribution in [0.15, 0.2) is 41.1 Å². The number of aryl methyl sites for hydroxylation is 1. The number of aromatic nitrogens is 8. The summed E-state index contributed by atoms with van der Waals surface area (Å²) >= 11 is 0. The van der Waals surface area contributed by atoms with Crippen molar-refractivity contribution in [2.75, 3.05) is 5.73 Å². The molecular formula is C19H14F3N9O. The molecule has 0 amide bonds. The average Bonchev–Trinajstić information content (AvgIpc) is 3.50. The van der Waals surface area contributed by atoms with Crippen LogP contribution in [0.4, 0.5) is 19.1 Å². The molecule has 32 heavy (non-hydrogen) atoms. The summed E-state index contributed by atoms with van der Waals surface area (Å²) < 4.78 is 47.7. The molecule has 10 nitrogen and oxygen atoms in total. The Bertz CT molecular complexity index is 1440. The van der Waals surface area contributed by atoms with E-state index in [1.165, 1.54) is 10.9 Å². The van der Waals surface area contributed by atoms with E-state index in [9.17, 15) is 13.2 Å². The largest absolute Gasteiger partial charge is 0.415 e. The van der Waals surface area contributed by atoms with Gasteiger partial charge in [-0.25, -0.2) is 14.1 Å². The summed E-state index contributed by atoms with van der Waals surface area (Å²) in [6, 6.07) is 6.67. The molecular weight excluding hydrogens is 427 g/mol. The second kappa shape index (κ2) is 7.44. The van der Waals surface area contributed by atoms with E-state index in [1.54, 1.807) is 10.8 Å². The number of hydrogen-bond donors (Lipinski definition) is 1. The van der Waals surface area contributed by atoms with Crippen LogP contribution in [-0.4, -0.2) is 39.7 Å². The van der Waals surface area contributed by atoms with Crippen LogP contribution in [0.3, 0.4) is 0 Å². The molecule has 4 heterocycles. The highest BCUT2D eigenvalue weighted by Gasteiger charge is 2.18. The zero-order chi connectivity index (χ0) is 22.4. The zero-order valence-electron chi connectivity index (χ0n) is 16.4. The van der Waals surface area contributed by atoms with Gasteiger partial charge in [-0.05, 0) is 18.2 Å². The minimum absolute atomic E-state index is 0.00398. The summed E-state index contributed by atoms with van der Waals surface area (Å²) in [7, 11) is 1.82. The van der Waals surface area contributed by atoms with E-state index < -0.39 is 18.1 Å². The lowest BCUT2D eigenvalue weighted by molar-refractivity contribution is 0.116. The van der Waals surface area contributed by atoms with Crippen LogP contribution in [0, 0.1) is 5.82 Å². The van der Waals surface area contributed by atoms with Gasteiger partial charge < -0.3 is 14.7 Å². The minimum Gasteiger partial charge on any atom is -0.415 e. The Hall–Kier alpha value is -4.29. The first-order valence-electron chi connectivity index (χ1n) is 9.28. The number of nitrogen functional groups attached to an aromatic ring is 1. The third-order valence-corrected chi connectivity index (χ3v) is 4.85. The molecule has 0 bridgehead atoms. The first kappa shape index (κ1) is 19.7. The van der Waals surface area contributed by atoms with Crippen molar-refractivity contribution in [1.29, 1.82) is 0 Å². The lowest BCUT2D eigenvalue weighted by Gasteiger charge is -2.03. The highest BCUT2D eigenvalue weighted by molar-refractivity contribution is 5.83. The minimum atomic E-state index is -2.91. The van der Waals surface area contributed by atoms with Crippen LogP contribution in [0.5, 0.6) is 0 Å². The Morgan fingerprint density at radius 3 is 2.72 bits per heavy atom. The molecule has 0 aliphatic rings. The van der Waals surface area contributed by atoms with E-state index in [0.29, 0.717) is 11.6 Å². The SMILES string of the molecule is Cn1c(N)nc2cc(-c3cn(Cc4ncc(-c5nnc(C(F)F)o5)cc4F)nn3)ccc21. The molecule has 0 aliphatic heterocycles. The van der Waals surface area contributed by atoms with Gasteiger partial charge in [0.25, 0.3) is 5.89 Å². The average molecular weight is 441 g/mol. The Morgan fingerprint density at radius 2 is 1.97 bits per heavy atom. The van der Waals surface area contributed by atoms with E-state index in [4.69, 9.17) is 10.2 Å². The smallest absolute Gasteiger partial charge is 0.314 e. The molecule has 162 valence electrons. The molecule has 0 spiro atoms. The Morgan fingerprint density at radius 1 is 1.12 bits per heavy atom. The predicted octanol–water partition coefficient (Wildman–Crippen LogP) is 2.98. The third kappa shape index (κ3) is 3.42. The second-order valence-corrected chi connectivity index (χ2v) is 6.93. The quantitative estimate of drug-likeness (QED) is 0.441. The number of pyridine rings is 1. The second-order valence-electron chi connectivity index (χ2n) is 6.93. The van der Waals surface area contributed by atoms with Crippen molar-refractivity contribution in [3.05, 3.63) is 54.1 Å². The van der Waals surface area contributed by atoms with Crippen molar-refractivity contribution in [3.63, 3.8) is 0 Å². The standard InChI is InChI=1S/C19H14F3N9O/c1-30-15-3-2-9(5-12(15)25-19(30)23)13-7-31(29-26-13)8-14-11(20)4-10(6-24-14)17-27-28-18(32-17)16(21)22/h2-7,16H,8H2,1H3,(H2,23,25). The number of alkyl halides is 2. The van der Waals surface area contributed by atoms with Crippen molar-refractivity contribution in [1.82, 2.24) is 39.7 Å². The van der Waals surface area contributed by atoms with Gasteiger partial charge in [0.15, 0.2) is 0 Å². The molecule has 0 unspecified atom stereocenters. The number of halogens is 3. The van der Waals surface area contributed by atoms with Crippen LogP contribution in [-0.2, 0) is 13.6 Å². The normalized spacial score (nSPS) is 11.7. The highest BCUT2D eigenvalue weighted by Crippen LogP contribution is 2.25. The van der Waals surface area contributed by atoms with Gasteiger partial charge in [-0.15, -0.1) is 15.3 Å². The number of fused-ring (bicyclic) bond motifs is 1. The highest BCUT2D eigenvalue weighted by atomic mass is 19.3. The van der Waals surface area contributed by atoms with Gasteiger partial charge in [-0.2, -0.15) is 8.78 Å². The van der Waals surface area contributed by atoms with Gasteiger partial charge in [0.1, 0.15) is 11.5 Å². The van der Waals surface area contributed by atoms with Gasteiger partial charge in [0.05, 0.1) is 35.0 Å². The zero-order valence-corrected chi connectivity index (χ0v) is 16.4. The van der Waals surface area contributed by atoms with Gasteiger partial charge in [-0.1, -0.05) is 11.3 Å². The number of imidazole rings is 1. The van der Waals surface area contributed by atoms with Crippen LogP contribution in [0.2, 0.25) is 0 Å². The van der Waals surface area contributed by atoms with Crippen LogP contribution in [0.1, 0.15) is 18.0 Å². The Labute approximate surface area is 177 Å². The fraction of sp³-hybridized carbons (Fsp3) is 0.158. The predicted molar refractivity (Wildman–Crippen MR) is 106 cm³/mol. The Balaban J connectivity index is 1.37. The van der Waals surface area contributed by atoms with Crippen LogP contribution >= 0.6 is 0 Å². The van der Waals surface area contributed by atoms with Gasteiger partial charge in [0.2, 0.25) is 11.8 Å². The molecule has 0 saturated carbocycles. The molecule has 1 aromatic carbocycles. The summed E-state index contributed by atoms with van der Waals surface area (Å²) in [5.41, 5.74) is 8.95. The molecule has 0 atom stereocenters. The fourth-order valence-corrected chi connectivity index (χ4v) is 3.18. The van der Waals surface area contributed by atoms with Crippen LogP contribution < -0.4 is 5.73 Å². The fourth-order valence-electron chi connectivity index (χ4n) is 3.18. The number of benzene rings is 1. The van der Waals surface area contributed by atoms with Gasteiger partial charge in [0, 0.05) is 18.8 Å². The van der Waals surface area contributed by atoms with Gasteiger partial charge >= 0.3 is 6.43 Å². The van der Waals surface area contributed by atoms with E-state index in [1.807, 2.05) is 25.2 Å². The summed E-state index contributed by atoms with van der Waals surface area (Å²) in [4.78, 5) is 8.33. The summed E-state index contributed by atoms with van der Waals surface area (Å²) in [6.07, 6.45) is -0.000947. The lowest BCUT2D eigenvalue weighted by atomic mass is 10.1. The first-order chi connectivity index (χ1) is 15.4. The molecule has 5 rings (SSSR count). The lowest BCUT2D eigenvalue weighted by Crippen LogP contribution is -2.05.